The van der Waals surface area contributed by atoms with E-state index >= 15 is 0 Å². The molecule has 0 bridgehead atoms. The molecule has 4 heteroatoms. The van der Waals surface area contributed by atoms with Crippen LogP contribution in [-0.4, -0.2) is 18.6 Å². The zero-order valence-electron chi connectivity index (χ0n) is 13.8. The standard InChI is InChI=1S/C19H23NO3/c1-4-22-17-11-7-16(8-12-17)13-20-19(21)15(3)23-18-9-5-14(2)6-10-18/h5-12,15H,4,13H2,1-3H3,(H,20,21). The van der Waals surface area contributed by atoms with Gasteiger partial charge in [0.25, 0.3) is 5.91 Å². The minimum absolute atomic E-state index is 0.139. The number of ether oxygens (including phenoxy) is 2. The maximum absolute atomic E-state index is 12.1. The highest BCUT2D eigenvalue weighted by Gasteiger charge is 2.14. The summed E-state index contributed by atoms with van der Waals surface area (Å²) in [6, 6.07) is 15.3. The van der Waals surface area contributed by atoms with E-state index in [9.17, 15) is 4.79 Å². The molecule has 2 aromatic rings. The Morgan fingerprint density at radius 3 is 2.26 bits per heavy atom. The monoisotopic (exact) mass is 313 g/mol. The summed E-state index contributed by atoms with van der Waals surface area (Å²) in [6.07, 6.45) is -0.541. The highest BCUT2D eigenvalue weighted by atomic mass is 16.5. The van der Waals surface area contributed by atoms with E-state index in [0.717, 1.165) is 16.9 Å². The van der Waals surface area contributed by atoms with Crippen LogP contribution in [0.15, 0.2) is 48.5 Å². The van der Waals surface area contributed by atoms with Crippen LogP contribution in [0.4, 0.5) is 0 Å². The molecule has 0 aliphatic heterocycles. The molecule has 0 spiro atoms. The first-order valence-electron chi connectivity index (χ1n) is 7.81. The Morgan fingerprint density at radius 1 is 1.04 bits per heavy atom. The Balaban J connectivity index is 1.82. The lowest BCUT2D eigenvalue weighted by Gasteiger charge is -2.15. The Morgan fingerprint density at radius 2 is 1.65 bits per heavy atom. The van der Waals surface area contributed by atoms with Crippen molar-refractivity contribution in [2.45, 2.75) is 33.4 Å². The molecule has 0 aromatic heterocycles. The smallest absolute Gasteiger partial charge is 0.261 e. The normalized spacial score (nSPS) is 11.6. The quantitative estimate of drug-likeness (QED) is 0.851. The van der Waals surface area contributed by atoms with E-state index < -0.39 is 6.10 Å². The number of carbonyl (C=O) groups is 1. The molecule has 0 aliphatic rings. The number of hydrogen-bond donors (Lipinski definition) is 1. The zero-order valence-corrected chi connectivity index (χ0v) is 13.8. The van der Waals surface area contributed by atoms with Gasteiger partial charge in [-0.1, -0.05) is 29.8 Å². The molecule has 122 valence electrons. The molecule has 0 saturated heterocycles. The van der Waals surface area contributed by atoms with Crippen LogP contribution < -0.4 is 14.8 Å². The van der Waals surface area contributed by atoms with Gasteiger partial charge < -0.3 is 14.8 Å². The molecule has 2 aromatic carbocycles. The average Bonchev–Trinajstić information content (AvgIpc) is 2.56. The number of carbonyl (C=O) groups excluding carboxylic acids is 1. The van der Waals surface area contributed by atoms with Gasteiger partial charge in [0, 0.05) is 6.54 Å². The number of amides is 1. The van der Waals surface area contributed by atoms with Crippen molar-refractivity contribution in [1.29, 1.82) is 0 Å². The Bertz CT molecular complexity index is 620. The fraction of sp³-hybridized carbons (Fsp3) is 0.316. The second kappa shape index (κ2) is 8.22. The van der Waals surface area contributed by atoms with Crippen LogP contribution in [0.3, 0.4) is 0 Å². The van der Waals surface area contributed by atoms with E-state index in [2.05, 4.69) is 5.32 Å². The average molecular weight is 313 g/mol. The van der Waals surface area contributed by atoms with Crippen LogP contribution in [0, 0.1) is 6.92 Å². The molecule has 2 rings (SSSR count). The molecule has 4 nitrogen and oxygen atoms in total. The first-order valence-corrected chi connectivity index (χ1v) is 7.81. The highest BCUT2D eigenvalue weighted by Crippen LogP contribution is 2.14. The van der Waals surface area contributed by atoms with Gasteiger partial charge in [-0.3, -0.25) is 4.79 Å². The van der Waals surface area contributed by atoms with E-state index in [-0.39, 0.29) is 5.91 Å². The molecule has 0 fully saturated rings. The molecular weight excluding hydrogens is 290 g/mol. The van der Waals surface area contributed by atoms with E-state index in [4.69, 9.17) is 9.47 Å². The first-order chi connectivity index (χ1) is 11.1. The van der Waals surface area contributed by atoms with Crippen LogP contribution in [0.2, 0.25) is 0 Å². The lowest BCUT2D eigenvalue weighted by atomic mass is 10.2. The second-order valence-corrected chi connectivity index (χ2v) is 5.37. The van der Waals surface area contributed by atoms with Crippen molar-refractivity contribution >= 4 is 5.91 Å². The molecule has 1 amide bonds. The van der Waals surface area contributed by atoms with E-state index in [1.54, 1.807) is 6.92 Å². The fourth-order valence-electron chi connectivity index (χ4n) is 2.08. The number of rotatable bonds is 7. The van der Waals surface area contributed by atoms with Gasteiger partial charge in [-0.05, 0) is 50.6 Å². The summed E-state index contributed by atoms with van der Waals surface area (Å²) in [6.45, 7) is 6.81. The van der Waals surface area contributed by atoms with Gasteiger partial charge in [0.2, 0.25) is 0 Å². The van der Waals surface area contributed by atoms with Crippen molar-refractivity contribution < 1.29 is 14.3 Å². The van der Waals surface area contributed by atoms with Crippen molar-refractivity contribution in [2.75, 3.05) is 6.61 Å². The van der Waals surface area contributed by atoms with Crippen LogP contribution in [0.5, 0.6) is 11.5 Å². The molecular formula is C19H23NO3. The Hall–Kier alpha value is -2.49. The molecule has 0 radical (unpaired) electrons. The molecule has 23 heavy (non-hydrogen) atoms. The summed E-state index contributed by atoms with van der Waals surface area (Å²) in [4.78, 5) is 12.1. The summed E-state index contributed by atoms with van der Waals surface area (Å²) < 4.78 is 11.0. The highest BCUT2D eigenvalue weighted by molar-refractivity contribution is 5.80. The van der Waals surface area contributed by atoms with Gasteiger partial charge in [0.15, 0.2) is 6.10 Å². The molecule has 1 unspecified atom stereocenters. The van der Waals surface area contributed by atoms with Gasteiger partial charge in [-0.2, -0.15) is 0 Å². The van der Waals surface area contributed by atoms with Gasteiger partial charge in [0.1, 0.15) is 11.5 Å². The lowest BCUT2D eigenvalue weighted by Crippen LogP contribution is -2.35. The number of aryl methyl sites for hydroxylation is 1. The van der Waals surface area contributed by atoms with Crippen molar-refractivity contribution in [1.82, 2.24) is 5.32 Å². The third-order valence-corrected chi connectivity index (χ3v) is 3.40. The largest absolute Gasteiger partial charge is 0.494 e. The number of benzene rings is 2. The van der Waals surface area contributed by atoms with Crippen LogP contribution >= 0.6 is 0 Å². The molecule has 0 saturated carbocycles. The predicted molar refractivity (Wildman–Crippen MR) is 90.7 cm³/mol. The lowest BCUT2D eigenvalue weighted by molar-refractivity contribution is -0.127. The summed E-state index contributed by atoms with van der Waals surface area (Å²) in [5.74, 6) is 1.39. The summed E-state index contributed by atoms with van der Waals surface area (Å²) >= 11 is 0. The summed E-state index contributed by atoms with van der Waals surface area (Å²) in [7, 11) is 0. The fourth-order valence-corrected chi connectivity index (χ4v) is 2.08. The maximum Gasteiger partial charge on any atom is 0.261 e. The van der Waals surface area contributed by atoms with Gasteiger partial charge in [0.05, 0.1) is 6.61 Å². The van der Waals surface area contributed by atoms with Crippen LogP contribution in [0.1, 0.15) is 25.0 Å². The Kier molecular flexibility index (Phi) is 6.03. The molecule has 1 atom stereocenters. The topological polar surface area (TPSA) is 47.6 Å². The first kappa shape index (κ1) is 16.9. The number of nitrogens with one attached hydrogen (secondary N) is 1. The minimum Gasteiger partial charge on any atom is -0.494 e. The second-order valence-electron chi connectivity index (χ2n) is 5.37. The van der Waals surface area contributed by atoms with Crippen LogP contribution in [0.25, 0.3) is 0 Å². The molecule has 0 heterocycles. The van der Waals surface area contributed by atoms with E-state index in [1.807, 2.05) is 62.4 Å². The van der Waals surface area contributed by atoms with Crippen molar-refractivity contribution in [3.63, 3.8) is 0 Å². The summed E-state index contributed by atoms with van der Waals surface area (Å²) in [5.41, 5.74) is 2.18. The zero-order chi connectivity index (χ0) is 16.7. The van der Waals surface area contributed by atoms with Crippen LogP contribution in [-0.2, 0) is 11.3 Å². The minimum atomic E-state index is -0.541. The van der Waals surface area contributed by atoms with Crippen molar-refractivity contribution in [3.05, 3.63) is 59.7 Å². The molecule has 0 aliphatic carbocycles. The SMILES string of the molecule is CCOc1ccc(CNC(=O)C(C)Oc2ccc(C)cc2)cc1. The third kappa shape index (κ3) is 5.33. The van der Waals surface area contributed by atoms with Gasteiger partial charge >= 0.3 is 0 Å². The Labute approximate surface area is 137 Å². The van der Waals surface area contributed by atoms with Crippen molar-refractivity contribution in [2.24, 2.45) is 0 Å². The predicted octanol–water partition coefficient (Wildman–Crippen LogP) is 3.48. The van der Waals surface area contributed by atoms with Gasteiger partial charge in [-0.15, -0.1) is 0 Å². The summed E-state index contributed by atoms with van der Waals surface area (Å²) in [5, 5.41) is 2.88. The van der Waals surface area contributed by atoms with E-state index in [1.165, 1.54) is 0 Å². The molecule has 1 N–H and O–H groups in total. The number of hydrogen-bond acceptors (Lipinski definition) is 3. The third-order valence-electron chi connectivity index (χ3n) is 3.40. The van der Waals surface area contributed by atoms with Gasteiger partial charge in [-0.25, -0.2) is 0 Å². The van der Waals surface area contributed by atoms with Crippen molar-refractivity contribution in [3.8, 4) is 11.5 Å². The maximum atomic E-state index is 12.1. The van der Waals surface area contributed by atoms with E-state index in [0.29, 0.717) is 18.9 Å².